The lowest BCUT2D eigenvalue weighted by molar-refractivity contribution is 0.0214. The van der Waals surface area contributed by atoms with E-state index in [2.05, 4.69) is 30.9 Å². The molecule has 34 heavy (non-hydrogen) atoms. The standard InChI is InChI=1S/C24H26BrN5O4/c1-24(2,3)34-23(32)29-13-16-10-17(29)12-28(16)20-11-15(7-8-26-20)30-19-9-14(22(31)33-4)5-6-18(19)21(25)27-30/h5-9,11,16-17H,10,12-13H2,1-4H3/t16-,17-/m0/s1. The molecule has 3 aromatic rings. The number of carbonyl (C=O) groups excluding carboxylic acids is 2. The number of esters is 1. The summed E-state index contributed by atoms with van der Waals surface area (Å²) in [6, 6.07) is 9.51. The fourth-order valence-corrected chi connectivity index (χ4v) is 5.20. The van der Waals surface area contributed by atoms with Crippen molar-refractivity contribution in [1.82, 2.24) is 19.7 Å². The molecule has 2 aliphatic rings. The first-order valence-corrected chi connectivity index (χ1v) is 11.9. The molecule has 1 aromatic carbocycles. The van der Waals surface area contributed by atoms with Gasteiger partial charge in [-0.1, -0.05) is 0 Å². The van der Waals surface area contributed by atoms with Crippen LogP contribution in [0.5, 0.6) is 0 Å². The van der Waals surface area contributed by atoms with E-state index in [-0.39, 0.29) is 18.2 Å². The van der Waals surface area contributed by atoms with Gasteiger partial charge in [-0.05, 0) is 67.4 Å². The van der Waals surface area contributed by atoms with Crippen molar-refractivity contribution in [3.8, 4) is 5.69 Å². The van der Waals surface area contributed by atoms with Gasteiger partial charge < -0.3 is 19.3 Å². The molecule has 4 heterocycles. The van der Waals surface area contributed by atoms with Crippen LogP contribution < -0.4 is 4.90 Å². The average Bonchev–Trinajstić information content (AvgIpc) is 3.50. The molecule has 0 spiro atoms. The molecule has 1 amide bonds. The first-order chi connectivity index (χ1) is 16.1. The Labute approximate surface area is 205 Å². The minimum absolute atomic E-state index is 0.104. The van der Waals surface area contributed by atoms with Crippen molar-refractivity contribution in [3.63, 3.8) is 0 Å². The quantitative estimate of drug-likeness (QED) is 0.472. The van der Waals surface area contributed by atoms with Crippen LogP contribution in [-0.4, -0.2) is 69.6 Å². The number of anilines is 1. The van der Waals surface area contributed by atoms with Gasteiger partial charge in [-0.3, -0.25) is 0 Å². The predicted octanol–water partition coefficient (Wildman–Crippen LogP) is 4.17. The third-order valence-electron chi connectivity index (χ3n) is 6.19. The van der Waals surface area contributed by atoms with Gasteiger partial charge in [-0.25, -0.2) is 19.3 Å². The van der Waals surface area contributed by atoms with Crippen LogP contribution in [0.15, 0.2) is 41.1 Å². The van der Waals surface area contributed by atoms with E-state index in [1.54, 1.807) is 23.0 Å². The summed E-state index contributed by atoms with van der Waals surface area (Å²) >= 11 is 3.52. The highest BCUT2D eigenvalue weighted by Crippen LogP contribution is 2.35. The van der Waals surface area contributed by atoms with Crippen molar-refractivity contribution in [2.45, 2.75) is 44.9 Å². The lowest BCUT2D eigenvalue weighted by Gasteiger charge is -2.35. The molecule has 2 saturated heterocycles. The summed E-state index contributed by atoms with van der Waals surface area (Å²) in [5.41, 5.74) is 1.56. The number of carbonyl (C=O) groups is 2. The Morgan fingerprint density at radius 3 is 2.59 bits per heavy atom. The molecule has 0 N–H and O–H groups in total. The Hall–Kier alpha value is -3.14. The molecule has 0 unspecified atom stereocenters. The monoisotopic (exact) mass is 527 g/mol. The summed E-state index contributed by atoms with van der Waals surface area (Å²) in [4.78, 5) is 33.3. The highest BCUT2D eigenvalue weighted by molar-refractivity contribution is 9.10. The molecule has 5 rings (SSSR count). The van der Waals surface area contributed by atoms with Crippen molar-refractivity contribution in [2.24, 2.45) is 0 Å². The largest absolute Gasteiger partial charge is 0.465 e. The smallest absolute Gasteiger partial charge is 0.410 e. The van der Waals surface area contributed by atoms with Crippen LogP contribution in [0.2, 0.25) is 0 Å². The van der Waals surface area contributed by atoms with E-state index in [1.807, 2.05) is 43.9 Å². The van der Waals surface area contributed by atoms with Gasteiger partial charge in [0.1, 0.15) is 16.0 Å². The number of nitrogens with zero attached hydrogens (tertiary/aromatic N) is 5. The summed E-state index contributed by atoms with van der Waals surface area (Å²) < 4.78 is 12.9. The second-order valence-corrected chi connectivity index (χ2v) is 10.4. The number of benzene rings is 1. The van der Waals surface area contributed by atoms with E-state index in [9.17, 15) is 9.59 Å². The zero-order valence-electron chi connectivity index (χ0n) is 19.5. The van der Waals surface area contributed by atoms with E-state index in [4.69, 9.17) is 9.47 Å². The number of hydrogen-bond acceptors (Lipinski definition) is 7. The van der Waals surface area contributed by atoms with Crippen LogP contribution in [-0.2, 0) is 9.47 Å². The number of hydrogen-bond donors (Lipinski definition) is 0. The number of ether oxygens (including phenoxy) is 2. The van der Waals surface area contributed by atoms with E-state index in [0.717, 1.165) is 28.8 Å². The summed E-state index contributed by atoms with van der Waals surface area (Å²) in [6.45, 7) is 6.96. The maximum Gasteiger partial charge on any atom is 0.410 e. The van der Waals surface area contributed by atoms with Gasteiger partial charge in [0, 0.05) is 30.7 Å². The average molecular weight is 528 g/mol. The van der Waals surface area contributed by atoms with Gasteiger partial charge in [0.2, 0.25) is 0 Å². The molecule has 2 aliphatic heterocycles. The number of amides is 1. The number of aromatic nitrogens is 3. The van der Waals surface area contributed by atoms with Gasteiger partial charge in [-0.15, -0.1) is 0 Å². The lowest BCUT2D eigenvalue weighted by atomic mass is 10.1. The van der Waals surface area contributed by atoms with E-state index in [1.165, 1.54) is 7.11 Å². The van der Waals surface area contributed by atoms with Gasteiger partial charge in [0.25, 0.3) is 0 Å². The molecule has 10 heteroatoms. The first-order valence-electron chi connectivity index (χ1n) is 11.1. The van der Waals surface area contributed by atoms with Gasteiger partial charge in [0.15, 0.2) is 0 Å². The molecule has 2 bridgehead atoms. The highest BCUT2D eigenvalue weighted by atomic mass is 79.9. The van der Waals surface area contributed by atoms with E-state index < -0.39 is 11.6 Å². The van der Waals surface area contributed by atoms with E-state index >= 15 is 0 Å². The van der Waals surface area contributed by atoms with Gasteiger partial charge >= 0.3 is 12.1 Å². The molecule has 9 nitrogen and oxygen atoms in total. The van der Waals surface area contributed by atoms with Crippen molar-refractivity contribution in [3.05, 3.63) is 46.7 Å². The Bertz CT molecular complexity index is 1280. The third kappa shape index (κ3) is 4.00. The fourth-order valence-electron chi connectivity index (χ4n) is 4.71. The maximum atomic E-state index is 12.6. The minimum Gasteiger partial charge on any atom is -0.465 e. The molecule has 0 radical (unpaired) electrons. The van der Waals surface area contributed by atoms with Gasteiger partial charge in [-0.2, -0.15) is 5.10 Å². The van der Waals surface area contributed by atoms with Crippen molar-refractivity contribution < 1.29 is 19.1 Å². The highest BCUT2D eigenvalue weighted by Gasteiger charge is 2.47. The SMILES string of the molecule is COC(=O)c1ccc2c(Br)nn(-c3ccnc(N4C[C@@H]5C[C@H]4CN5C(=O)OC(C)(C)C)c3)c2c1. The Kier molecular flexibility index (Phi) is 5.50. The third-order valence-corrected chi connectivity index (χ3v) is 6.78. The van der Waals surface area contributed by atoms with Crippen LogP contribution >= 0.6 is 15.9 Å². The summed E-state index contributed by atoms with van der Waals surface area (Å²) in [5, 5.41) is 5.52. The minimum atomic E-state index is -0.511. The summed E-state index contributed by atoms with van der Waals surface area (Å²) in [5.74, 6) is 0.432. The summed E-state index contributed by atoms with van der Waals surface area (Å²) in [7, 11) is 1.36. The second-order valence-electron chi connectivity index (χ2n) is 9.63. The number of methoxy groups -OCH3 is 1. The number of fused-ring (bicyclic) bond motifs is 3. The lowest BCUT2D eigenvalue weighted by Crippen LogP contribution is -2.50. The van der Waals surface area contributed by atoms with Crippen LogP contribution in [0.25, 0.3) is 16.6 Å². The van der Waals surface area contributed by atoms with Crippen LogP contribution in [0.4, 0.5) is 10.6 Å². The van der Waals surface area contributed by atoms with Crippen LogP contribution in [0, 0.1) is 0 Å². The molecular formula is C24H26BrN5O4. The number of pyridine rings is 1. The van der Waals surface area contributed by atoms with E-state index in [0.29, 0.717) is 23.3 Å². The van der Waals surface area contributed by atoms with Crippen LogP contribution in [0.3, 0.4) is 0 Å². The Balaban J connectivity index is 1.41. The normalized spacial score (nSPS) is 19.7. The topological polar surface area (TPSA) is 89.8 Å². The zero-order valence-corrected chi connectivity index (χ0v) is 21.1. The molecule has 2 fully saturated rings. The number of halogens is 1. The Morgan fingerprint density at radius 2 is 1.91 bits per heavy atom. The fraction of sp³-hybridized carbons (Fsp3) is 0.417. The van der Waals surface area contributed by atoms with Crippen molar-refractivity contribution in [2.75, 3.05) is 25.1 Å². The molecular weight excluding hydrogens is 502 g/mol. The molecule has 2 atom stereocenters. The first kappa shape index (κ1) is 22.6. The summed E-state index contributed by atoms with van der Waals surface area (Å²) in [6.07, 6.45) is 2.40. The molecule has 0 aliphatic carbocycles. The zero-order chi connectivity index (χ0) is 24.2. The van der Waals surface area contributed by atoms with Crippen molar-refractivity contribution in [1.29, 1.82) is 0 Å². The number of likely N-dealkylation sites (tertiary alicyclic amines) is 1. The number of piperazine rings is 1. The van der Waals surface area contributed by atoms with Crippen molar-refractivity contribution >= 4 is 44.7 Å². The van der Waals surface area contributed by atoms with Crippen LogP contribution in [0.1, 0.15) is 37.6 Å². The van der Waals surface area contributed by atoms with Gasteiger partial charge in [0.05, 0.1) is 36.0 Å². The molecule has 178 valence electrons. The molecule has 2 aromatic heterocycles. The maximum absolute atomic E-state index is 12.6. The predicted molar refractivity (Wildman–Crippen MR) is 130 cm³/mol. The Morgan fingerprint density at radius 1 is 1.12 bits per heavy atom. The second kappa shape index (κ2) is 8.26. The molecule has 0 saturated carbocycles. The number of rotatable bonds is 3.